The van der Waals surface area contributed by atoms with Gasteiger partial charge in [-0.15, -0.1) is 0 Å². The van der Waals surface area contributed by atoms with Crippen LogP contribution in [0.1, 0.15) is 24.0 Å². The van der Waals surface area contributed by atoms with Crippen molar-refractivity contribution in [2.24, 2.45) is 5.10 Å². The smallest absolute Gasteiger partial charge is 0.270 e. The van der Waals surface area contributed by atoms with Crippen LogP contribution >= 0.6 is 0 Å². The van der Waals surface area contributed by atoms with E-state index >= 15 is 0 Å². The molecule has 0 spiro atoms. The average Bonchev–Trinajstić information content (AvgIpc) is 2.58. The largest absolute Gasteiger partial charge is 0.368 e. The van der Waals surface area contributed by atoms with E-state index in [-0.39, 0.29) is 11.8 Å². The number of rotatable bonds is 2. The lowest BCUT2D eigenvalue weighted by Crippen LogP contribution is -2.51. The first-order valence-electron chi connectivity index (χ1n) is 8.02. The number of hydrogen-bond donors (Lipinski definition) is 1. The fourth-order valence-corrected chi connectivity index (χ4v) is 3.04. The lowest BCUT2D eigenvalue weighted by molar-refractivity contribution is -0.124. The molecule has 1 fully saturated rings. The molecule has 2 amide bonds. The number of nitrogens with zero attached hydrogens (tertiary/aromatic N) is 3. The van der Waals surface area contributed by atoms with Gasteiger partial charge in [0, 0.05) is 44.7 Å². The number of hydrazone groups is 1. The van der Waals surface area contributed by atoms with Gasteiger partial charge in [-0.05, 0) is 31.0 Å². The van der Waals surface area contributed by atoms with Crippen molar-refractivity contribution in [1.82, 2.24) is 10.3 Å². The standard InChI is InChI=1S/C17H22N4O2/c1-12-4-3-5-15(13(12)2)20-8-10-21(11-9-20)17(23)14-6-7-16(22)19-18-14/h3-5H,6-11H2,1-2H3,(H,19,22). The molecule has 0 aliphatic carbocycles. The first-order chi connectivity index (χ1) is 11.1. The summed E-state index contributed by atoms with van der Waals surface area (Å²) in [6.45, 7) is 7.25. The maximum atomic E-state index is 12.4. The third-order valence-electron chi connectivity index (χ3n) is 4.63. The van der Waals surface area contributed by atoms with Crippen molar-refractivity contribution in [2.45, 2.75) is 26.7 Å². The van der Waals surface area contributed by atoms with E-state index in [0.717, 1.165) is 13.1 Å². The van der Waals surface area contributed by atoms with Crippen molar-refractivity contribution < 1.29 is 9.59 Å². The van der Waals surface area contributed by atoms with Crippen LogP contribution < -0.4 is 10.3 Å². The van der Waals surface area contributed by atoms with E-state index in [1.54, 1.807) is 0 Å². The molecule has 2 aliphatic rings. The predicted molar refractivity (Wildman–Crippen MR) is 89.5 cm³/mol. The summed E-state index contributed by atoms with van der Waals surface area (Å²) in [5.41, 5.74) is 6.69. The van der Waals surface area contributed by atoms with E-state index in [9.17, 15) is 9.59 Å². The Balaban J connectivity index is 1.63. The summed E-state index contributed by atoms with van der Waals surface area (Å²) >= 11 is 0. The Kier molecular flexibility index (Phi) is 4.32. The van der Waals surface area contributed by atoms with E-state index in [1.807, 2.05) is 4.90 Å². The molecule has 6 heteroatoms. The third kappa shape index (κ3) is 3.21. The highest BCUT2D eigenvalue weighted by atomic mass is 16.2. The molecule has 1 aromatic carbocycles. The minimum atomic E-state index is -0.124. The quantitative estimate of drug-likeness (QED) is 0.892. The molecule has 122 valence electrons. The van der Waals surface area contributed by atoms with Gasteiger partial charge in [-0.2, -0.15) is 5.10 Å². The number of anilines is 1. The van der Waals surface area contributed by atoms with Crippen LogP contribution in [0, 0.1) is 13.8 Å². The van der Waals surface area contributed by atoms with Gasteiger partial charge in [-0.3, -0.25) is 9.59 Å². The number of nitrogens with one attached hydrogen (secondary N) is 1. The Hall–Kier alpha value is -2.37. The zero-order valence-electron chi connectivity index (χ0n) is 13.6. The fraction of sp³-hybridized carbons (Fsp3) is 0.471. The van der Waals surface area contributed by atoms with E-state index in [0.29, 0.717) is 31.6 Å². The monoisotopic (exact) mass is 314 g/mol. The Morgan fingerprint density at radius 2 is 1.87 bits per heavy atom. The zero-order valence-corrected chi connectivity index (χ0v) is 13.6. The summed E-state index contributed by atoms with van der Waals surface area (Å²) < 4.78 is 0. The molecule has 6 nitrogen and oxygen atoms in total. The summed E-state index contributed by atoms with van der Waals surface area (Å²) in [6.07, 6.45) is 0.773. The van der Waals surface area contributed by atoms with Gasteiger partial charge in [0.25, 0.3) is 5.91 Å². The minimum absolute atomic E-state index is 0.0504. The van der Waals surface area contributed by atoms with Gasteiger partial charge >= 0.3 is 0 Å². The van der Waals surface area contributed by atoms with Gasteiger partial charge in [-0.1, -0.05) is 12.1 Å². The number of benzene rings is 1. The molecule has 0 aromatic heterocycles. The first kappa shape index (κ1) is 15.5. The number of carbonyl (C=O) groups is 2. The van der Waals surface area contributed by atoms with Crippen LogP contribution in [-0.2, 0) is 9.59 Å². The van der Waals surface area contributed by atoms with Crippen LogP contribution in [0.15, 0.2) is 23.3 Å². The van der Waals surface area contributed by atoms with Gasteiger partial charge in [0.2, 0.25) is 5.91 Å². The second kappa shape index (κ2) is 6.40. The summed E-state index contributed by atoms with van der Waals surface area (Å²) in [6, 6.07) is 6.34. The highest BCUT2D eigenvalue weighted by Gasteiger charge is 2.27. The topological polar surface area (TPSA) is 65.0 Å². The van der Waals surface area contributed by atoms with Gasteiger partial charge < -0.3 is 9.80 Å². The Morgan fingerprint density at radius 3 is 2.52 bits per heavy atom. The SMILES string of the molecule is Cc1cccc(N2CCN(C(=O)C3=NNC(=O)CC3)CC2)c1C. The van der Waals surface area contributed by atoms with Gasteiger partial charge in [0.1, 0.15) is 5.71 Å². The highest BCUT2D eigenvalue weighted by molar-refractivity contribution is 6.39. The van der Waals surface area contributed by atoms with Gasteiger partial charge in [0.05, 0.1) is 0 Å². The normalized spacial score (nSPS) is 18.5. The molecule has 0 radical (unpaired) electrons. The molecule has 0 saturated carbocycles. The van der Waals surface area contributed by atoms with Crippen molar-refractivity contribution in [3.63, 3.8) is 0 Å². The summed E-state index contributed by atoms with van der Waals surface area (Å²) in [7, 11) is 0. The van der Waals surface area contributed by atoms with Crippen molar-refractivity contribution >= 4 is 23.2 Å². The second-order valence-electron chi connectivity index (χ2n) is 6.09. The lowest BCUT2D eigenvalue weighted by atomic mass is 10.1. The van der Waals surface area contributed by atoms with Crippen molar-refractivity contribution in [3.05, 3.63) is 29.3 Å². The molecule has 2 heterocycles. The number of hydrogen-bond acceptors (Lipinski definition) is 4. The zero-order chi connectivity index (χ0) is 16.4. The number of aryl methyl sites for hydroxylation is 1. The molecule has 0 bridgehead atoms. The van der Waals surface area contributed by atoms with Crippen molar-refractivity contribution in [3.8, 4) is 0 Å². The van der Waals surface area contributed by atoms with Crippen LogP contribution in [0.25, 0.3) is 0 Å². The number of amides is 2. The fourth-order valence-electron chi connectivity index (χ4n) is 3.04. The molecular formula is C17H22N4O2. The van der Waals surface area contributed by atoms with Gasteiger partial charge in [-0.25, -0.2) is 5.43 Å². The molecule has 0 unspecified atom stereocenters. The highest BCUT2D eigenvalue weighted by Crippen LogP contribution is 2.24. The average molecular weight is 314 g/mol. The second-order valence-corrected chi connectivity index (χ2v) is 6.09. The summed E-state index contributed by atoms with van der Waals surface area (Å²) in [5.74, 6) is -0.174. The Morgan fingerprint density at radius 1 is 1.13 bits per heavy atom. The minimum Gasteiger partial charge on any atom is -0.368 e. The van der Waals surface area contributed by atoms with Crippen LogP contribution in [0.4, 0.5) is 5.69 Å². The predicted octanol–water partition coefficient (Wildman–Crippen LogP) is 1.22. The van der Waals surface area contributed by atoms with Gasteiger partial charge in [0.15, 0.2) is 0 Å². The van der Waals surface area contributed by atoms with Crippen LogP contribution in [0.2, 0.25) is 0 Å². The maximum absolute atomic E-state index is 12.4. The molecule has 1 saturated heterocycles. The molecule has 1 N–H and O–H groups in total. The van der Waals surface area contributed by atoms with Crippen molar-refractivity contribution in [2.75, 3.05) is 31.1 Å². The Labute approximate surface area is 136 Å². The molecule has 1 aromatic rings. The number of carbonyl (C=O) groups excluding carboxylic acids is 2. The molecule has 0 atom stereocenters. The van der Waals surface area contributed by atoms with Crippen LogP contribution in [0.3, 0.4) is 0 Å². The first-order valence-corrected chi connectivity index (χ1v) is 8.02. The lowest BCUT2D eigenvalue weighted by Gasteiger charge is -2.37. The third-order valence-corrected chi connectivity index (χ3v) is 4.63. The maximum Gasteiger partial charge on any atom is 0.270 e. The van der Waals surface area contributed by atoms with E-state index in [4.69, 9.17) is 0 Å². The molecule has 2 aliphatic heterocycles. The summed E-state index contributed by atoms with van der Waals surface area (Å²) in [5, 5.41) is 3.90. The number of piperazine rings is 1. The van der Waals surface area contributed by atoms with E-state index < -0.39 is 0 Å². The summed E-state index contributed by atoms with van der Waals surface area (Å²) in [4.78, 5) is 27.7. The Bertz CT molecular complexity index is 661. The van der Waals surface area contributed by atoms with Crippen molar-refractivity contribution in [1.29, 1.82) is 0 Å². The van der Waals surface area contributed by atoms with Crippen LogP contribution in [0.5, 0.6) is 0 Å². The van der Waals surface area contributed by atoms with Crippen LogP contribution in [-0.4, -0.2) is 48.6 Å². The molecular weight excluding hydrogens is 292 g/mol. The molecule has 3 rings (SSSR count). The van der Waals surface area contributed by atoms with E-state index in [2.05, 4.69) is 47.5 Å². The molecule has 23 heavy (non-hydrogen) atoms. The van der Waals surface area contributed by atoms with E-state index in [1.165, 1.54) is 16.8 Å².